The third kappa shape index (κ3) is 8.41. The predicted molar refractivity (Wildman–Crippen MR) is 100 cm³/mol. The number of benzene rings is 1. The van der Waals surface area contributed by atoms with Crippen LogP contribution in [0.2, 0.25) is 0 Å². The van der Waals surface area contributed by atoms with Crippen molar-refractivity contribution in [2.45, 2.75) is 59.2 Å². The van der Waals surface area contributed by atoms with E-state index in [-0.39, 0.29) is 30.5 Å². The molecule has 138 valence electrons. The Morgan fingerprint density at radius 2 is 1.92 bits per heavy atom. The van der Waals surface area contributed by atoms with Gasteiger partial charge in [0.2, 0.25) is 0 Å². The number of methoxy groups -OCH3 is 1. The largest absolute Gasteiger partial charge is 0.493 e. The second-order valence-electron chi connectivity index (χ2n) is 6.76. The minimum atomic E-state index is -0.268. The lowest BCUT2D eigenvalue weighted by atomic mass is 10.1. The van der Waals surface area contributed by atoms with E-state index in [4.69, 9.17) is 9.47 Å². The van der Waals surface area contributed by atoms with Crippen molar-refractivity contribution in [1.29, 1.82) is 0 Å². The van der Waals surface area contributed by atoms with Gasteiger partial charge in [-0.1, -0.05) is 13.0 Å². The Morgan fingerprint density at radius 3 is 2.46 bits per heavy atom. The van der Waals surface area contributed by atoms with Crippen molar-refractivity contribution in [3.05, 3.63) is 23.8 Å². The van der Waals surface area contributed by atoms with Crippen LogP contribution in [0.5, 0.6) is 11.5 Å². The normalized spacial score (nSPS) is 12.1. The second kappa shape index (κ2) is 10.4. The lowest BCUT2D eigenvalue weighted by Crippen LogP contribution is -2.43. The molecule has 0 saturated heterocycles. The fourth-order valence-electron chi connectivity index (χ4n) is 1.98. The Labute approximate surface area is 151 Å². The molecule has 0 bridgehead atoms. The number of halogens is 1. The Morgan fingerprint density at radius 1 is 1.25 bits per heavy atom. The van der Waals surface area contributed by atoms with Crippen molar-refractivity contribution in [1.82, 2.24) is 10.6 Å². The maximum absolute atomic E-state index is 11.8. The molecular weight excluding hydrogens is 328 g/mol. The number of hydrogen-bond donors (Lipinski definition) is 2. The molecule has 1 atom stereocenters. The molecule has 24 heavy (non-hydrogen) atoms. The lowest BCUT2D eigenvalue weighted by Gasteiger charge is -2.20. The molecule has 0 spiro atoms. The highest BCUT2D eigenvalue weighted by molar-refractivity contribution is 5.85. The standard InChI is InChI=1S/C18H30N2O3.ClH/c1-7-13(2)19-11-14-8-9-15(16(10-14)22-6)23-12-17(21)20-18(3,4)5;/h8-10,13,19H,7,11-12H2,1-6H3,(H,20,21);1H. The summed E-state index contributed by atoms with van der Waals surface area (Å²) in [4.78, 5) is 11.8. The summed E-state index contributed by atoms with van der Waals surface area (Å²) in [5, 5.41) is 6.30. The molecule has 1 unspecified atom stereocenters. The Kier molecular flexibility index (Phi) is 9.78. The Hall–Kier alpha value is -1.46. The minimum absolute atomic E-state index is 0. The molecule has 1 amide bonds. The summed E-state index contributed by atoms with van der Waals surface area (Å²) >= 11 is 0. The van der Waals surface area contributed by atoms with Crippen molar-refractivity contribution < 1.29 is 14.3 Å². The van der Waals surface area contributed by atoms with Gasteiger partial charge in [-0.25, -0.2) is 0 Å². The number of rotatable bonds is 8. The van der Waals surface area contributed by atoms with Crippen LogP contribution in [0, 0.1) is 0 Å². The topological polar surface area (TPSA) is 59.6 Å². The number of nitrogens with one attached hydrogen (secondary N) is 2. The van der Waals surface area contributed by atoms with E-state index >= 15 is 0 Å². The van der Waals surface area contributed by atoms with Crippen LogP contribution < -0.4 is 20.1 Å². The number of ether oxygens (including phenoxy) is 2. The van der Waals surface area contributed by atoms with Crippen LogP contribution in [0.3, 0.4) is 0 Å². The monoisotopic (exact) mass is 358 g/mol. The van der Waals surface area contributed by atoms with E-state index in [1.165, 1.54) is 0 Å². The van der Waals surface area contributed by atoms with Crippen molar-refractivity contribution in [3.8, 4) is 11.5 Å². The zero-order valence-corrected chi connectivity index (χ0v) is 16.4. The molecule has 0 fully saturated rings. The molecule has 0 saturated carbocycles. The zero-order chi connectivity index (χ0) is 17.5. The van der Waals surface area contributed by atoms with E-state index in [2.05, 4.69) is 24.5 Å². The fourth-order valence-corrected chi connectivity index (χ4v) is 1.98. The molecular formula is C18H31ClN2O3. The van der Waals surface area contributed by atoms with Gasteiger partial charge >= 0.3 is 0 Å². The SMILES string of the molecule is CCC(C)NCc1ccc(OCC(=O)NC(C)(C)C)c(OC)c1.Cl. The maximum atomic E-state index is 11.8. The molecule has 1 aromatic rings. The van der Waals surface area contributed by atoms with Gasteiger partial charge in [-0.15, -0.1) is 12.4 Å². The average molecular weight is 359 g/mol. The smallest absolute Gasteiger partial charge is 0.258 e. The predicted octanol–water partition coefficient (Wildman–Crippen LogP) is 3.30. The van der Waals surface area contributed by atoms with Crippen molar-refractivity contribution in [2.75, 3.05) is 13.7 Å². The first kappa shape index (κ1) is 22.5. The van der Waals surface area contributed by atoms with E-state index in [0.717, 1.165) is 18.5 Å². The fraction of sp³-hybridized carbons (Fsp3) is 0.611. The molecule has 1 aromatic carbocycles. The molecule has 2 N–H and O–H groups in total. The van der Waals surface area contributed by atoms with E-state index < -0.39 is 0 Å². The first-order valence-electron chi connectivity index (χ1n) is 8.09. The van der Waals surface area contributed by atoms with Crippen LogP contribution >= 0.6 is 12.4 Å². The molecule has 0 aromatic heterocycles. The van der Waals surface area contributed by atoms with E-state index in [1.54, 1.807) is 7.11 Å². The van der Waals surface area contributed by atoms with E-state index in [1.807, 2.05) is 39.0 Å². The molecule has 0 aliphatic rings. The van der Waals surface area contributed by atoms with Crippen LogP contribution in [0.25, 0.3) is 0 Å². The van der Waals surface area contributed by atoms with Crippen molar-refractivity contribution >= 4 is 18.3 Å². The zero-order valence-electron chi connectivity index (χ0n) is 15.6. The summed E-state index contributed by atoms with van der Waals surface area (Å²) in [6, 6.07) is 6.23. The lowest BCUT2D eigenvalue weighted by molar-refractivity contribution is -0.124. The molecule has 0 aliphatic heterocycles. The molecule has 6 heteroatoms. The van der Waals surface area contributed by atoms with Crippen LogP contribution in [0.15, 0.2) is 18.2 Å². The van der Waals surface area contributed by atoms with Gasteiger partial charge in [-0.2, -0.15) is 0 Å². The van der Waals surface area contributed by atoms with Crippen molar-refractivity contribution in [3.63, 3.8) is 0 Å². The summed E-state index contributed by atoms with van der Waals surface area (Å²) < 4.78 is 10.9. The number of carbonyl (C=O) groups is 1. The van der Waals surface area contributed by atoms with Gasteiger partial charge in [-0.05, 0) is 51.8 Å². The van der Waals surface area contributed by atoms with Gasteiger partial charge in [0.15, 0.2) is 18.1 Å². The molecule has 0 aliphatic carbocycles. The van der Waals surface area contributed by atoms with Crippen molar-refractivity contribution in [2.24, 2.45) is 0 Å². The molecule has 1 rings (SSSR count). The summed E-state index contributed by atoms with van der Waals surface area (Å²) in [5.41, 5.74) is 0.851. The first-order valence-corrected chi connectivity index (χ1v) is 8.09. The van der Waals surface area contributed by atoms with Crippen LogP contribution in [-0.2, 0) is 11.3 Å². The van der Waals surface area contributed by atoms with Gasteiger partial charge in [-0.3, -0.25) is 4.79 Å². The maximum Gasteiger partial charge on any atom is 0.258 e. The highest BCUT2D eigenvalue weighted by atomic mass is 35.5. The average Bonchev–Trinajstić information content (AvgIpc) is 2.49. The quantitative estimate of drug-likeness (QED) is 0.748. The Balaban J connectivity index is 0.00000529. The Bertz CT molecular complexity index is 515. The van der Waals surface area contributed by atoms with Gasteiger partial charge < -0.3 is 20.1 Å². The summed E-state index contributed by atoms with van der Waals surface area (Å²) in [6.07, 6.45) is 1.08. The van der Waals surface area contributed by atoms with E-state index in [0.29, 0.717) is 17.5 Å². The number of amides is 1. The molecule has 0 heterocycles. The summed E-state index contributed by atoms with van der Waals surface area (Å²) in [5.74, 6) is 1.06. The van der Waals surface area contributed by atoms with E-state index in [9.17, 15) is 4.79 Å². The third-order valence-electron chi connectivity index (χ3n) is 3.37. The van der Waals surface area contributed by atoms with Gasteiger partial charge in [0, 0.05) is 18.1 Å². The second-order valence-corrected chi connectivity index (χ2v) is 6.76. The van der Waals surface area contributed by atoms with Gasteiger partial charge in [0.1, 0.15) is 0 Å². The van der Waals surface area contributed by atoms with Gasteiger partial charge in [0.25, 0.3) is 5.91 Å². The van der Waals surface area contributed by atoms with Crippen LogP contribution in [-0.4, -0.2) is 31.2 Å². The summed E-state index contributed by atoms with van der Waals surface area (Å²) in [6.45, 7) is 10.9. The van der Waals surface area contributed by atoms with Crippen LogP contribution in [0.1, 0.15) is 46.6 Å². The first-order chi connectivity index (χ1) is 10.7. The third-order valence-corrected chi connectivity index (χ3v) is 3.37. The van der Waals surface area contributed by atoms with Crippen LogP contribution in [0.4, 0.5) is 0 Å². The van der Waals surface area contributed by atoms with Gasteiger partial charge in [0.05, 0.1) is 7.11 Å². The number of hydrogen-bond acceptors (Lipinski definition) is 4. The molecule has 5 nitrogen and oxygen atoms in total. The highest BCUT2D eigenvalue weighted by Gasteiger charge is 2.15. The molecule has 0 radical (unpaired) electrons. The summed E-state index contributed by atoms with van der Waals surface area (Å²) in [7, 11) is 1.60. The highest BCUT2D eigenvalue weighted by Crippen LogP contribution is 2.28. The number of carbonyl (C=O) groups excluding carboxylic acids is 1. The minimum Gasteiger partial charge on any atom is -0.493 e.